The zero-order chi connectivity index (χ0) is 13.8. The first-order chi connectivity index (χ1) is 9.11. The molecule has 1 heterocycles. The molecule has 1 aromatic heterocycles. The lowest BCUT2D eigenvalue weighted by atomic mass is 10.2. The lowest BCUT2D eigenvalue weighted by molar-refractivity contribution is 0.387. The van der Waals surface area contributed by atoms with Crippen molar-refractivity contribution in [3.63, 3.8) is 0 Å². The maximum atomic E-state index is 13.4. The van der Waals surface area contributed by atoms with Gasteiger partial charge >= 0.3 is 0 Å². The number of aromatic nitrogens is 2. The number of benzene rings is 1. The van der Waals surface area contributed by atoms with E-state index in [1.165, 1.54) is 13.2 Å². The number of nitrogen functional groups attached to an aromatic ring is 1. The van der Waals surface area contributed by atoms with Crippen LogP contribution in [0.5, 0.6) is 5.75 Å². The molecule has 1 aromatic carbocycles. The van der Waals surface area contributed by atoms with Crippen LogP contribution in [0.3, 0.4) is 0 Å². The first-order valence-corrected chi connectivity index (χ1v) is 5.95. The molecule has 0 spiro atoms. The highest BCUT2D eigenvalue weighted by Gasteiger charge is 2.08. The lowest BCUT2D eigenvalue weighted by Crippen LogP contribution is -2.10. The van der Waals surface area contributed by atoms with E-state index in [9.17, 15) is 4.39 Å². The van der Waals surface area contributed by atoms with Gasteiger partial charge in [-0.2, -0.15) is 5.10 Å². The smallest absolute Gasteiger partial charge is 0.167 e. The molecule has 19 heavy (non-hydrogen) atoms. The number of hydrogen-bond acceptors (Lipinski definition) is 4. The third-order valence-corrected chi connectivity index (χ3v) is 2.94. The molecule has 0 saturated carbocycles. The number of aryl methyl sites for hydroxylation is 1. The highest BCUT2D eigenvalue weighted by atomic mass is 19.1. The van der Waals surface area contributed by atoms with Crippen molar-refractivity contribution in [2.24, 2.45) is 7.05 Å². The number of nitrogens with two attached hydrogens (primary N) is 1. The fourth-order valence-corrected chi connectivity index (χ4v) is 1.85. The van der Waals surface area contributed by atoms with Gasteiger partial charge in [0.05, 0.1) is 18.5 Å². The number of nitrogens with zero attached hydrogens (tertiary/aromatic N) is 2. The summed E-state index contributed by atoms with van der Waals surface area (Å²) >= 11 is 0. The topological polar surface area (TPSA) is 65.1 Å². The molecular weight excluding hydrogens is 247 g/mol. The number of anilines is 2. The largest absolute Gasteiger partial charge is 0.494 e. The Morgan fingerprint density at radius 1 is 1.47 bits per heavy atom. The molecule has 0 radical (unpaired) electrons. The van der Waals surface area contributed by atoms with Crippen molar-refractivity contribution in [3.8, 4) is 5.75 Å². The summed E-state index contributed by atoms with van der Waals surface area (Å²) in [5.74, 6) is -0.283. The SMILES string of the molecule is COc1cc(NCCc2ccnn2C)c(N)cc1F. The maximum Gasteiger partial charge on any atom is 0.167 e. The molecule has 0 atom stereocenters. The molecule has 0 aliphatic heterocycles. The summed E-state index contributed by atoms with van der Waals surface area (Å²) in [6.45, 7) is 0.679. The molecule has 0 fully saturated rings. The van der Waals surface area contributed by atoms with Gasteiger partial charge in [0.2, 0.25) is 0 Å². The molecule has 6 heteroatoms. The Morgan fingerprint density at radius 2 is 2.26 bits per heavy atom. The Labute approximate surface area is 111 Å². The number of methoxy groups -OCH3 is 1. The molecule has 0 saturated heterocycles. The van der Waals surface area contributed by atoms with Crippen LogP contribution < -0.4 is 15.8 Å². The number of halogens is 1. The molecule has 2 rings (SSSR count). The number of rotatable bonds is 5. The van der Waals surface area contributed by atoms with E-state index in [0.717, 1.165) is 12.1 Å². The third-order valence-electron chi connectivity index (χ3n) is 2.94. The van der Waals surface area contributed by atoms with E-state index < -0.39 is 5.82 Å². The molecule has 0 aliphatic rings. The number of nitrogens with one attached hydrogen (secondary N) is 1. The van der Waals surface area contributed by atoms with E-state index >= 15 is 0 Å². The fourth-order valence-electron chi connectivity index (χ4n) is 1.85. The summed E-state index contributed by atoms with van der Waals surface area (Å²) in [4.78, 5) is 0. The summed E-state index contributed by atoms with van der Waals surface area (Å²) in [5.41, 5.74) is 7.90. The van der Waals surface area contributed by atoms with Crippen molar-refractivity contribution < 1.29 is 9.13 Å². The van der Waals surface area contributed by atoms with Gasteiger partial charge in [0.25, 0.3) is 0 Å². The van der Waals surface area contributed by atoms with Gasteiger partial charge in [-0.1, -0.05) is 0 Å². The Hall–Kier alpha value is -2.24. The third kappa shape index (κ3) is 2.96. The van der Waals surface area contributed by atoms with E-state index in [1.54, 1.807) is 12.3 Å². The van der Waals surface area contributed by atoms with Gasteiger partial charge in [-0.15, -0.1) is 0 Å². The predicted molar refractivity (Wildman–Crippen MR) is 72.8 cm³/mol. The second-order valence-corrected chi connectivity index (χ2v) is 4.20. The summed E-state index contributed by atoms with van der Waals surface area (Å²) < 4.78 is 20.1. The zero-order valence-electron chi connectivity index (χ0n) is 11.0. The summed E-state index contributed by atoms with van der Waals surface area (Å²) in [6, 6.07) is 4.77. The van der Waals surface area contributed by atoms with Crippen LogP contribution in [-0.4, -0.2) is 23.4 Å². The van der Waals surface area contributed by atoms with Gasteiger partial charge in [0.1, 0.15) is 0 Å². The first-order valence-electron chi connectivity index (χ1n) is 5.95. The molecule has 3 N–H and O–H groups in total. The van der Waals surface area contributed by atoms with E-state index in [4.69, 9.17) is 10.5 Å². The summed E-state index contributed by atoms with van der Waals surface area (Å²) in [7, 11) is 3.32. The summed E-state index contributed by atoms with van der Waals surface area (Å²) in [6.07, 6.45) is 2.56. The lowest BCUT2D eigenvalue weighted by Gasteiger charge is -2.11. The van der Waals surface area contributed by atoms with Crippen molar-refractivity contribution in [1.82, 2.24) is 9.78 Å². The molecule has 5 nitrogen and oxygen atoms in total. The fraction of sp³-hybridized carbons (Fsp3) is 0.308. The number of hydrogen-bond donors (Lipinski definition) is 2. The van der Waals surface area contributed by atoms with Gasteiger partial charge in [-0.05, 0) is 6.07 Å². The van der Waals surface area contributed by atoms with Crippen molar-refractivity contribution in [3.05, 3.63) is 35.9 Å². The normalized spacial score (nSPS) is 10.5. The van der Waals surface area contributed by atoms with Crippen LogP contribution in [0, 0.1) is 5.82 Å². The minimum absolute atomic E-state index is 0.178. The second kappa shape index (κ2) is 5.60. The van der Waals surface area contributed by atoms with Crippen LogP contribution in [-0.2, 0) is 13.5 Å². The van der Waals surface area contributed by atoms with Gasteiger partial charge in [0.15, 0.2) is 11.6 Å². The van der Waals surface area contributed by atoms with Crippen LogP contribution in [0.2, 0.25) is 0 Å². The Bertz CT molecular complexity index is 568. The Kier molecular flexibility index (Phi) is 3.89. The monoisotopic (exact) mass is 264 g/mol. The molecule has 0 unspecified atom stereocenters. The van der Waals surface area contributed by atoms with Crippen LogP contribution in [0.15, 0.2) is 24.4 Å². The van der Waals surface area contributed by atoms with Crippen LogP contribution in [0.4, 0.5) is 15.8 Å². The van der Waals surface area contributed by atoms with Crippen molar-refractivity contribution in [2.75, 3.05) is 24.7 Å². The molecule has 2 aromatic rings. The molecule has 0 bridgehead atoms. The van der Waals surface area contributed by atoms with Crippen molar-refractivity contribution in [1.29, 1.82) is 0 Å². The van der Waals surface area contributed by atoms with E-state index in [2.05, 4.69) is 10.4 Å². The Morgan fingerprint density at radius 3 is 2.89 bits per heavy atom. The maximum absolute atomic E-state index is 13.4. The van der Waals surface area contributed by atoms with E-state index in [-0.39, 0.29) is 5.75 Å². The van der Waals surface area contributed by atoms with Crippen LogP contribution in [0.1, 0.15) is 5.69 Å². The minimum Gasteiger partial charge on any atom is -0.494 e. The van der Waals surface area contributed by atoms with Gasteiger partial charge in [-0.25, -0.2) is 4.39 Å². The average Bonchev–Trinajstić information content (AvgIpc) is 2.78. The molecule has 0 amide bonds. The van der Waals surface area contributed by atoms with Crippen LogP contribution in [0.25, 0.3) is 0 Å². The molecule has 102 valence electrons. The highest BCUT2D eigenvalue weighted by Crippen LogP contribution is 2.27. The number of ether oxygens (including phenoxy) is 1. The van der Waals surface area contributed by atoms with E-state index in [1.807, 2.05) is 17.8 Å². The molecule has 0 aliphatic carbocycles. The standard InChI is InChI=1S/C13H17FN4O/c1-18-9(4-6-17-18)3-5-16-12-8-13(19-2)10(14)7-11(12)15/h4,6-8,16H,3,5,15H2,1-2H3. The highest BCUT2D eigenvalue weighted by molar-refractivity contribution is 5.68. The Balaban J connectivity index is 2.01. The van der Waals surface area contributed by atoms with Crippen molar-refractivity contribution in [2.45, 2.75) is 6.42 Å². The zero-order valence-corrected chi connectivity index (χ0v) is 11.0. The average molecular weight is 264 g/mol. The first kappa shape index (κ1) is 13.2. The minimum atomic E-state index is -0.461. The second-order valence-electron chi connectivity index (χ2n) is 4.20. The van der Waals surface area contributed by atoms with Gasteiger partial charge in [-0.3, -0.25) is 4.68 Å². The quantitative estimate of drug-likeness (QED) is 0.808. The van der Waals surface area contributed by atoms with Crippen LogP contribution >= 0.6 is 0 Å². The van der Waals surface area contributed by atoms with E-state index in [0.29, 0.717) is 17.9 Å². The van der Waals surface area contributed by atoms with Gasteiger partial charge in [0, 0.05) is 44.0 Å². The molecular formula is C13H17FN4O. The summed E-state index contributed by atoms with van der Waals surface area (Å²) in [5, 5.41) is 7.26. The van der Waals surface area contributed by atoms with Crippen molar-refractivity contribution >= 4 is 11.4 Å². The van der Waals surface area contributed by atoms with Gasteiger partial charge < -0.3 is 15.8 Å². The predicted octanol–water partition coefficient (Wildman–Crippen LogP) is 1.80.